The van der Waals surface area contributed by atoms with Crippen LogP contribution < -0.4 is 10.6 Å². The highest BCUT2D eigenvalue weighted by Gasteiger charge is 2.16. The van der Waals surface area contributed by atoms with Gasteiger partial charge in [-0.05, 0) is 36.6 Å². The topological polar surface area (TPSA) is 70.7 Å². The quantitative estimate of drug-likeness (QED) is 0.785. The number of carbonyl (C=O) groups is 2. The molecular weight excluding hydrogens is 330 g/mol. The zero-order valence-electron chi connectivity index (χ0n) is 15.3. The van der Waals surface area contributed by atoms with Gasteiger partial charge in [0.15, 0.2) is 0 Å². The molecule has 26 heavy (non-hydrogen) atoms. The average Bonchev–Trinajstić information content (AvgIpc) is 3.16. The Morgan fingerprint density at radius 3 is 2.15 bits per heavy atom. The van der Waals surface area contributed by atoms with Crippen LogP contribution in [0.2, 0.25) is 0 Å². The fourth-order valence-electron chi connectivity index (χ4n) is 3.66. The molecule has 3 rings (SSSR count). The molecule has 1 aliphatic heterocycles. The first kappa shape index (κ1) is 18.9. The summed E-state index contributed by atoms with van der Waals surface area (Å²) in [6, 6.07) is 7.31. The number of amides is 2. The lowest BCUT2D eigenvalue weighted by atomic mass is 10.0. The number of ether oxygens (including phenoxy) is 1. The number of nitrogens with zero attached hydrogens (tertiary/aromatic N) is 1. The minimum Gasteiger partial charge on any atom is -0.379 e. The van der Waals surface area contributed by atoms with Gasteiger partial charge in [-0.1, -0.05) is 25.7 Å². The average molecular weight is 359 g/mol. The van der Waals surface area contributed by atoms with Crippen molar-refractivity contribution in [3.05, 3.63) is 24.3 Å². The van der Waals surface area contributed by atoms with Crippen molar-refractivity contribution in [2.45, 2.75) is 38.5 Å². The molecule has 0 bridgehead atoms. The Bertz CT molecular complexity index is 591. The van der Waals surface area contributed by atoms with E-state index >= 15 is 0 Å². The molecule has 2 amide bonds. The second-order valence-electron chi connectivity index (χ2n) is 7.25. The van der Waals surface area contributed by atoms with E-state index in [4.69, 9.17) is 4.74 Å². The minimum absolute atomic E-state index is 0.0275. The molecule has 6 heteroatoms. The summed E-state index contributed by atoms with van der Waals surface area (Å²) in [5.41, 5.74) is 1.51. The van der Waals surface area contributed by atoms with Crippen molar-refractivity contribution in [2.24, 2.45) is 5.92 Å². The van der Waals surface area contributed by atoms with Gasteiger partial charge >= 0.3 is 0 Å². The van der Waals surface area contributed by atoms with Gasteiger partial charge in [-0.3, -0.25) is 14.5 Å². The van der Waals surface area contributed by atoms with Gasteiger partial charge in [0, 0.05) is 30.9 Å². The van der Waals surface area contributed by atoms with Gasteiger partial charge < -0.3 is 15.4 Å². The summed E-state index contributed by atoms with van der Waals surface area (Å²) in [5, 5.41) is 5.84. The normalized spacial score (nSPS) is 18.6. The number of hydrogen-bond donors (Lipinski definition) is 2. The zero-order chi connectivity index (χ0) is 18.2. The second kappa shape index (κ2) is 9.69. The molecule has 142 valence electrons. The highest BCUT2D eigenvalue weighted by molar-refractivity contribution is 5.93. The van der Waals surface area contributed by atoms with Gasteiger partial charge in [0.2, 0.25) is 11.8 Å². The van der Waals surface area contributed by atoms with Gasteiger partial charge in [-0.2, -0.15) is 0 Å². The predicted molar refractivity (Wildman–Crippen MR) is 102 cm³/mol. The van der Waals surface area contributed by atoms with Crippen molar-refractivity contribution in [1.82, 2.24) is 4.90 Å². The maximum atomic E-state index is 12.1. The second-order valence-corrected chi connectivity index (χ2v) is 7.25. The molecule has 0 spiro atoms. The fraction of sp³-hybridized carbons (Fsp3) is 0.600. The molecule has 0 aromatic heterocycles. The van der Waals surface area contributed by atoms with Crippen LogP contribution in [0.5, 0.6) is 0 Å². The minimum atomic E-state index is -0.0275. The van der Waals surface area contributed by atoms with E-state index in [1.54, 1.807) is 0 Å². The molecule has 1 aliphatic carbocycles. The molecule has 1 saturated heterocycles. The summed E-state index contributed by atoms with van der Waals surface area (Å²) < 4.78 is 5.28. The molecule has 6 nitrogen and oxygen atoms in total. The Hall–Kier alpha value is -1.92. The zero-order valence-corrected chi connectivity index (χ0v) is 15.3. The van der Waals surface area contributed by atoms with Gasteiger partial charge in [0.25, 0.3) is 0 Å². The molecule has 0 radical (unpaired) electrons. The first-order valence-electron chi connectivity index (χ1n) is 9.69. The SMILES string of the molecule is O=C(CCC1CCCC1)Nc1ccc(NC(=O)CN2CCOCC2)cc1. The van der Waals surface area contributed by atoms with Crippen LogP contribution in [0.3, 0.4) is 0 Å². The molecule has 2 fully saturated rings. The van der Waals surface area contributed by atoms with Crippen molar-refractivity contribution < 1.29 is 14.3 Å². The Morgan fingerprint density at radius 1 is 0.962 bits per heavy atom. The van der Waals surface area contributed by atoms with Gasteiger partial charge in [0.1, 0.15) is 0 Å². The molecule has 2 N–H and O–H groups in total. The first-order valence-corrected chi connectivity index (χ1v) is 9.69. The van der Waals surface area contributed by atoms with Crippen molar-refractivity contribution in [3.8, 4) is 0 Å². The number of benzene rings is 1. The smallest absolute Gasteiger partial charge is 0.238 e. The van der Waals surface area contributed by atoms with Crippen LogP contribution in [0.1, 0.15) is 38.5 Å². The van der Waals surface area contributed by atoms with E-state index in [1.165, 1.54) is 25.7 Å². The van der Waals surface area contributed by atoms with Gasteiger partial charge in [0.05, 0.1) is 19.8 Å². The van der Waals surface area contributed by atoms with E-state index in [-0.39, 0.29) is 11.8 Å². The molecule has 1 aromatic carbocycles. The summed E-state index contributed by atoms with van der Waals surface area (Å²) in [6.45, 7) is 3.33. The third-order valence-corrected chi connectivity index (χ3v) is 5.18. The highest BCUT2D eigenvalue weighted by Crippen LogP contribution is 2.28. The lowest BCUT2D eigenvalue weighted by Crippen LogP contribution is -2.41. The monoisotopic (exact) mass is 359 g/mol. The summed E-state index contributed by atoms with van der Waals surface area (Å²) in [7, 11) is 0. The van der Waals surface area contributed by atoms with Crippen LogP contribution in [0.4, 0.5) is 11.4 Å². The number of morpholine rings is 1. The molecular formula is C20H29N3O3. The number of nitrogens with one attached hydrogen (secondary N) is 2. The largest absolute Gasteiger partial charge is 0.379 e. The molecule has 1 aromatic rings. The van der Waals surface area contributed by atoms with E-state index in [2.05, 4.69) is 15.5 Å². The van der Waals surface area contributed by atoms with E-state index < -0.39 is 0 Å². The van der Waals surface area contributed by atoms with Crippen LogP contribution in [-0.4, -0.2) is 49.6 Å². The van der Waals surface area contributed by atoms with Crippen LogP contribution in [0, 0.1) is 5.92 Å². The fourth-order valence-corrected chi connectivity index (χ4v) is 3.66. The number of anilines is 2. The van der Waals surface area contributed by atoms with Crippen molar-refractivity contribution >= 4 is 23.2 Å². The summed E-state index contributed by atoms with van der Waals surface area (Å²) in [4.78, 5) is 26.2. The summed E-state index contributed by atoms with van der Waals surface area (Å²) >= 11 is 0. The predicted octanol–water partition coefficient (Wildman–Crippen LogP) is 2.87. The number of hydrogen-bond acceptors (Lipinski definition) is 4. The van der Waals surface area contributed by atoms with Crippen molar-refractivity contribution in [3.63, 3.8) is 0 Å². The molecule has 1 heterocycles. The molecule has 0 unspecified atom stereocenters. The van der Waals surface area contributed by atoms with Crippen molar-refractivity contribution in [1.29, 1.82) is 0 Å². The number of carbonyl (C=O) groups excluding carboxylic acids is 2. The highest BCUT2D eigenvalue weighted by atomic mass is 16.5. The maximum absolute atomic E-state index is 12.1. The van der Waals surface area contributed by atoms with E-state index in [1.807, 2.05) is 24.3 Å². The molecule has 1 saturated carbocycles. The third kappa shape index (κ3) is 6.11. The Balaban J connectivity index is 1.39. The Morgan fingerprint density at radius 2 is 1.54 bits per heavy atom. The van der Waals surface area contributed by atoms with Crippen LogP contribution in [0.15, 0.2) is 24.3 Å². The molecule has 2 aliphatic rings. The lowest BCUT2D eigenvalue weighted by molar-refractivity contribution is -0.118. The van der Waals surface area contributed by atoms with Crippen LogP contribution >= 0.6 is 0 Å². The first-order chi connectivity index (χ1) is 12.7. The Labute approximate surface area is 155 Å². The lowest BCUT2D eigenvalue weighted by Gasteiger charge is -2.25. The number of rotatable bonds is 7. The maximum Gasteiger partial charge on any atom is 0.238 e. The van der Waals surface area contributed by atoms with E-state index in [9.17, 15) is 9.59 Å². The van der Waals surface area contributed by atoms with E-state index in [0.717, 1.165) is 36.8 Å². The summed E-state index contributed by atoms with van der Waals surface area (Å²) in [6.07, 6.45) is 6.73. The molecule has 0 atom stereocenters. The third-order valence-electron chi connectivity index (χ3n) is 5.18. The Kier molecular flexibility index (Phi) is 7.03. The van der Waals surface area contributed by atoms with E-state index in [0.29, 0.717) is 26.2 Å². The standard InChI is InChI=1S/C20H29N3O3/c24-19(10-5-16-3-1-2-4-16)21-17-6-8-18(9-7-17)22-20(25)15-23-11-13-26-14-12-23/h6-9,16H,1-5,10-15H2,(H,21,24)(H,22,25). The van der Waals surface area contributed by atoms with Gasteiger partial charge in [-0.25, -0.2) is 0 Å². The van der Waals surface area contributed by atoms with Crippen molar-refractivity contribution in [2.75, 3.05) is 43.5 Å². The van der Waals surface area contributed by atoms with Gasteiger partial charge in [-0.15, -0.1) is 0 Å². The summed E-state index contributed by atoms with van der Waals surface area (Å²) in [5.74, 6) is 0.769. The van der Waals surface area contributed by atoms with Crippen LogP contribution in [0.25, 0.3) is 0 Å². The van der Waals surface area contributed by atoms with Crippen LogP contribution in [-0.2, 0) is 14.3 Å².